The van der Waals surface area contributed by atoms with Gasteiger partial charge in [0.25, 0.3) is 0 Å². The van der Waals surface area contributed by atoms with Gasteiger partial charge in [0.05, 0.1) is 0 Å². The van der Waals surface area contributed by atoms with Crippen molar-refractivity contribution in [2.24, 2.45) is 17.6 Å². The lowest BCUT2D eigenvalue weighted by molar-refractivity contribution is 0.152. The Morgan fingerprint density at radius 1 is 1.05 bits per heavy atom. The predicted octanol–water partition coefficient (Wildman–Crippen LogP) is 3.59. The van der Waals surface area contributed by atoms with Crippen LogP contribution in [-0.2, 0) is 0 Å². The van der Waals surface area contributed by atoms with Gasteiger partial charge in [0, 0.05) is 25.2 Å². The molecular weight excluding hydrogens is 244 g/mol. The van der Waals surface area contributed by atoms with E-state index in [1.165, 1.54) is 44.3 Å². The van der Waals surface area contributed by atoms with E-state index in [-0.39, 0.29) is 6.04 Å². The van der Waals surface area contributed by atoms with Crippen molar-refractivity contribution in [1.82, 2.24) is 4.90 Å². The van der Waals surface area contributed by atoms with Gasteiger partial charge in [-0.15, -0.1) is 0 Å². The monoisotopic (exact) mass is 272 g/mol. The van der Waals surface area contributed by atoms with E-state index in [0.29, 0.717) is 6.04 Å². The lowest BCUT2D eigenvalue weighted by Crippen LogP contribution is -2.44. The van der Waals surface area contributed by atoms with Crippen molar-refractivity contribution in [2.75, 3.05) is 13.1 Å². The Morgan fingerprint density at radius 2 is 1.60 bits per heavy atom. The summed E-state index contributed by atoms with van der Waals surface area (Å²) in [6.07, 6.45) is 6.86. The molecule has 2 atom stereocenters. The van der Waals surface area contributed by atoms with Gasteiger partial charge in [0.2, 0.25) is 0 Å². The first-order valence-corrected chi connectivity index (χ1v) is 8.32. The molecule has 0 bridgehead atoms. The fraction of sp³-hybridized carbons (Fsp3) is 0.667. The van der Waals surface area contributed by atoms with Gasteiger partial charge in [0.15, 0.2) is 0 Å². The summed E-state index contributed by atoms with van der Waals surface area (Å²) in [6.45, 7) is 4.84. The highest BCUT2D eigenvalue weighted by atomic mass is 15.2. The summed E-state index contributed by atoms with van der Waals surface area (Å²) >= 11 is 0. The predicted molar refractivity (Wildman–Crippen MR) is 84.5 cm³/mol. The summed E-state index contributed by atoms with van der Waals surface area (Å²) in [7, 11) is 0. The second-order valence-electron chi connectivity index (χ2n) is 6.75. The van der Waals surface area contributed by atoms with Crippen molar-refractivity contribution in [3.8, 4) is 0 Å². The number of hydrogen-bond acceptors (Lipinski definition) is 2. The van der Waals surface area contributed by atoms with Crippen molar-refractivity contribution in [3.05, 3.63) is 35.9 Å². The highest BCUT2D eigenvalue weighted by Gasteiger charge is 2.34. The molecule has 2 unspecified atom stereocenters. The van der Waals surface area contributed by atoms with Crippen molar-refractivity contribution in [2.45, 2.75) is 51.1 Å². The second-order valence-corrected chi connectivity index (χ2v) is 6.75. The average Bonchev–Trinajstić information content (AvgIpc) is 3.36. The van der Waals surface area contributed by atoms with Gasteiger partial charge < -0.3 is 5.73 Å². The molecule has 2 nitrogen and oxygen atoms in total. The normalized spacial score (nSPS) is 21.9. The first-order valence-electron chi connectivity index (χ1n) is 8.32. The van der Waals surface area contributed by atoms with Gasteiger partial charge in [-0.05, 0) is 49.5 Å². The van der Waals surface area contributed by atoms with E-state index in [2.05, 4.69) is 42.2 Å². The van der Waals surface area contributed by atoms with E-state index in [9.17, 15) is 0 Å². The Balaban J connectivity index is 1.70. The molecular formula is C18H28N2. The quantitative estimate of drug-likeness (QED) is 0.783. The van der Waals surface area contributed by atoms with Crippen LogP contribution in [0.2, 0.25) is 0 Å². The Hall–Kier alpha value is -0.860. The lowest BCUT2D eigenvalue weighted by Gasteiger charge is -2.35. The minimum Gasteiger partial charge on any atom is -0.323 e. The Bertz CT molecular complexity index is 395. The largest absolute Gasteiger partial charge is 0.323 e. The summed E-state index contributed by atoms with van der Waals surface area (Å²) in [5.41, 5.74) is 7.89. The molecule has 2 N–H and O–H groups in total. The zero-order valence-corrected chi connectivity index (χ0v) is 12.7. The average molecular weight is 272 g/mol. The maximum Gasteiger partial charge on any atom is 0.0453 e. The lowest BCUT2D eigenvalue weighted by atomic mass is 9.96. The van der Waals surface area contributed by atoms with Crippen LogP contribution in [0.4, 0.5) is 0 Å². The molecule has 3 rings (SSSR count). The van der Waals surface area contributed by atoms with Gasteiger partial charge in [-0.3, -0.25) is 4.90 Å². The third kappa shape index (κ3) is 3.62. The van der Waals surface area contributed by atoms with E-state index >= 15 is 0 Å². The molecule has 0 spiro atoms. The summed E-state index contributed by atoms with van der Waals surface area (Å²) in [4.78, 5) is 2.72. The maximum atomic E-state index is 6.60. The molecule has 0 aliphatic heterocycles. The van der Waals surface area contributed by atoms with Crippen molar-refractivity contribution >= 4 is 0 Å². The van der Waals surface area contributed by atoms with Gasteiger partial charge in [-0.2, -0.15) is 0 Å². The standard InChI is InChI=1S/C18H28N2/c1-2-17(18(19)16-6-4-3-5-7-16)20(12-14-8-9-14)13-15-10-11-15/h3-7,14-15,17-18H,2,8-13,19H2,1H3. The van der Waals surface area contributed by atoms with Crippen LogP contribution in [0, 0.1) is 11.8 Å². The molecule has 0 radical (unpaired) electrons. The Kier molecular flexibility index (Phi) is 4.42. The van der Waals surface area contributed by atoms with E-state index in [4.69, 9.17) is 5.73 Å². The van der Waals surface area contributed by atoms with E-state index in [1.807, 2.05) is 0 Å². The first kappa shape index (κ1) is 14.1. The third-order valence-electron chi connectivity index (χ3n) is 4.87. The number of benzene rings is 1. The Morgan fingerprint density at radius 3 is 2.05 bits per heavy atom. The van der Waals surface area contributed by atoms with Gasteiger partial charge in [-0.1, -0.05) is 37.3 Å². The molecule has 110 valence electrons. The number of hydrogen-bond donors (Lipinski definition) is 1. The van der Waals surface area contributed by atoms with Crippen molar-refractivity contribution < 1.29 is 0 Å². The van der Waals surface area contributed by atoms with Crippen LogP contribution in [0.15, 0.2) is 30.3 Å². The molecule has 1 aromatic carbocycles. The highest BCUT2D eigenvalue weighted by Crippen LogP contribution is 2.36. The number of rotatable bonds is 8. The molecule has 2 heteroatoms. The van der Waals surface area contributed by atoms with E-state index < -0.39 is 0 Å². The van der Waals surface area contributed by atoms with Crippen LogP contribution in [0.3, 0.4) is 0 Å². The molecule has 2 fully saturated rings. The first-order chi connectivity index (χ1) is 9.78. The fourth-order valence-corrected chi connectivity index (χ4v) is 3.25. The molecule has 20 heavy (non-hydrogen) atoms. The highest BCUT2D eigenvalue weighted by molar-refractivity contribution is 5.20. The van der Waals surface area contributed by atoms with Crippen LogP contribution in [-0.4, -0.2) is 24.0 Å². The van der Waals surface area contributed by atoms with E-state index in [0.717, 1.165) is 18.3 Å². The molecule has 0 heterocycles. The fourth-order valence-electron chi connectivity index (χ4n) is 3.25. The second kappa shape index (κ2) is 6.28. The molecule has 1 aromatic rings. The molecule has 2 aliphatic rings. The third-order valence-corrected chi connectivity index (χ3v) is 4.87. The Labute approximate surface area is 123 Å². The SMILES string of the molecule is CCC(C(N)c1ccccc1)N(CC1CC1)CC1CC1. The van der Waals surface area contributed by atoms with Crippen LogP contribution in [0.25, 0.3) is 0 Å². The van der Waals surface area contributed by atoms with Crippen molar-refractivity contribution in [1.29, 1.82) is 0 Å². The van der Waals surface area contributed by atoms with Gasteiger partial charge >= 0.3 is 0 Å². The zero-order valence-electron chi connectivity index (χ0n) is 12.7. The van der Waals surface area contributed by atoms with Crippen LogP contribution >= 0.6 is 0 Å². The minimum absolute atomic E-state index is 0.152. The number of nitrogens with two attached hydrogens (primary N) is 1. The molecule has 2 saturated carbocycles. The van der Waals surface area contributed by atoms with Gasteiger partial charge in [0.1, 0.15) is 0 Å². The maximum absolute atomic E-state index is 6.60. The molecule has 2 aliphatic carbocycles. The molecule has 0 amide bonds. The van der Waals surface area contributed by atoms with Crippen molar-refractivity contribution in [3.63, 3.8) is 0 Å². The summed E-state index contributed by atoms with van der Waals surface area (Å²) in [5, 5.41) is 0. The summed E-state index contributed by atoms with van der Waals surface area (Å²) in [6, 6.07) is 11.3. The van der Waals surface area contributed by atoms with E-state index in [1.54, 1.807) is 0 Å². The zero-order chi connectivity index (χ0) is 13.9. The van der Waals surface area contributed by atoms with Crippen LogP contribution in [0.1, 0.15) is 50.6 Å². The summed E-state index contributed by atoms with van der Waals surface area (Å²) in [5.74, 6) is 1.90. The molecule has 0 saturated heterocycles. The summed E-state index contributed by atoms with van der Waals surface area (Å²) < 4.78 is 0. The number of nitrogens with zero attached hydrogens (tertiary/aromatic N) is 1. The van der Waals surface area contributed by atoms with Gasteiger partial charge in [-0.25, -0.2) is 0 Å². The topological polar surface area (TPSA) is 29.3 Å². The minimum atomic E-state index is 0.152. The smallest absolute Gasteiger partial charge is 0.0453 e. The van der Waals surface area contributed by atoms with Crippen LogP contribution in [0.5, 0.6) is 0 Å². The van der Waals surface area contributed by atoms with Crippen LogP contribution < -0.4 is 5.73 Å². The molecule has 0 aromatic heterocycles.